The molecular formula is C21H31N5O3. The third kappa shape index (κ3) is 4.76. The van der Waals surface area contributed by atoms with E-state index in [1.54, 1.807) is 20.4 Å². The Morgan fingerprint density at radius 2 is 2.14 bits per heavy atom. The number of methoxy groups -OCH3 is 1. The first-order valence-corrected chi connectivity index (χ1v) is 10.1. The fourth-order valence-electron chi connectivity index (χ4n) is 3.88. The zero-order valence-corrected chi connectivity index (χ0v) is 17.8. The van der Waals surface area contributed by atoms with E-state index in [-0.39, 0.29) is 25.1 Å². The summed E-state index contributed by atoms with van der Waals surface area (Å²) in [4.78, 5) is 16.2. The molecule has 1 aliphatic heterocycles. The van der Waals surface area contributed by atoms with E-state index in [0.29, 0.717) is 5.69 Å². The molecule has 1 atom stereocenters. The summed E-state index contributed by atoms with van der Waals surface area (Å²) in [6.45, 7) is 7.24. The normalized spacial score (nSPS) is 17.3. The van der Waals surface area contributed by atoms with Gasteiger partial charge in [0.15, 0.2) is 5.69 Å². The fourth-order valence-corrected chi connectivity index (χ4v) is 3.88. The molecule has 0 radical (unpaired) electrons. The molecule has 3 rings (SSSR count). The van der Waals surface area contributed by atoms with Crippen molar-refractivity contribution in [2.24, 2.45) is 0 Å². The number of hydrogen-bond donors (Lipinski definition) is 1. The Hall–Kier alpha value is -2.45. The molecule has 1 fully saturated rings. The summed E-state index contributed by atoms with van der Waals surface area (Å²) < 4.78 is 7.24. The molecule has 1 saturated heterocycles. The van der Waals surface area contributed by atoms with Crippen molar-refractivity contribution in [1.29, 1.82) is 0 Å². The van der Waals surface area contributed by atoms with E-state index in [1.807, 2.05) is 10.7 Å². The number of nitrogens with zero attached hydrogens (tertiary/aromatic N) is 5. The molecule has 158 valence electrons. The van der Waals surface area contributed by atoms with Crippen LogP contribution in [0.4, 0.5) is 0 Å². The number of amides is 1. The van der Waals surface area contributed by atoms with Crippen molar-refractivity contribution >= 4 is 5.91 Å². The number of hydrogen-bond acceptors (Lipinski definition) is 6. The molecule has 0 aliphatic carbocycles. The number of benzene rings is 1. The molecule has 1 aromatic heterocycles. The Kier molecular flexibility index (Phi) is 6.87. The van der Waals surface area contributed by atoms with Gasteiger partial charge in [-0.05, 0) is 56.0 Å². The summed E-state index contributed by atoms with van der Waals surface area (Å²) in [5.41, 5.74) is 4.08. The second kappa shape index (κ2) is 9.37. The fraction of sp³-hybridized carbons (Fsp3) is 0.571. The van der Waals surface area contributed by atoms with Gasteiger partial charge in [-0.25, -0.2) is 4.68 Å². The lowest BCUT2D eigenvalue weighted by Crippen LogP contribution is -2.36. The molecule has 8 heteroatoms. The van der Waals surface area contributed by atoms with Crippen LogP contribution >= 0.6 is 0 Å². The largest absolute Gasteiger partial charge is 0.496 e. The zero-order valence-electron chi connectivity index (χ0n) is 17.8. The highest BCUT2D eigenvalue weighted by atomic mass is 16.5. The van der Waals surface area contributed by atoms with E-state index in [2.05, 4.69) is 35.1 Å². The highest BCUT2D eigenvalue weighted by Crippen LogP contribution is 2.27. The SMILES string of the molecule is COc1ccc(CN2CCC[C@@H](n3cc(C(=O)N(C)CCO)nn3)C2)c(C)c1C. The van der Waals surface area contributed by atoms with Crippen LogP contribution in [0.1, 0.15) is 46.1 Å². The van der Waals surface area contributed by atoms with Crippen LogP contribution in [-0.4, -0.2) is 76.2 Å². The van der Waals surface area contributed by atoms with Gasteiger partial charge in [-0.2, -0.15) is 0 Å². The predicted molar refractivity (Wildman–Crippen MR) is 110 cm³/mol. The maximum Gasteiger partial charge on any atom is 0.275 e. The van der Waals surface area contributed by atoms with Crippen molar-refractivity contribution in [3.05, 3.63) is 40.7 Å². The highest BCUT2D eigenvalue weighted by Gasteiger charge is 2.24. The van der Waals surface area contributed by atoms with E-state index in [9.17, 15) is 4.79 Å². The lowest BCUT2D eigenvalue weighted by atomic mass is 10.00. The number of rotatable bonds is 7. The van der Waals surface area contributed by atoms with Crippen LogP contribution in [0.5, 0.6) is 5.75 Å². The van der Waals surface area contributed by atoms with Gasteiger partial charge in [0, 0.05) is 26.7 Å². The minimum absolute atomic E-state index is 0.0712. The van der Waals surface area contributed by atoms with Crippen molar-refractivity contribution < 1.29 is 14.6 Å². The number of aromatic nitrogens is 3. The monoisotopic (exact) mass is 401 g/mol. The van der Waals surface area contributed by atoms with Gasteiger partial charge in [-0.3, -0.25) is 9.69 Å². The number of aliphatic hydroxyl groups is 1. The highest BCUT2D eigenvalue weighted by molar-refractivity contribution is 5.91. The molecule has 1 N–H and O–H groups in total. The van der Waals surface area contributed by atoms with Gasteiger partial charge in [-0.1, -0.05) is 11.3 Å². The van der Waals surface area contributed by atoms with Crippen molar-refractivity contribution in [2.75, 3.05) is 40.4 Å². The number of piperidine rings is 1. The minimum atomic E-state index is -0.220. The molecule has 1 aromatic carbocycles. The van der Waals surface area contributed by atoms with Gasteiger partial charge in [-0.15, -0.1) is 5.10 Å². The van der Waals surface area contributed by atoms with Crippen LogP contribution in [-0.2, 0) is 6.54 Å². The summed E-state index contributed by atoms with van der Waals surface area (Å²) in [6.07, 6.45) is 3.82. The molecule has 29 heavy (non-hydrogen) atoms. The summed E-state index contributed by atoms with van der Waals surface area (Å²) in [6, 6.07) is 4.38. The lowest BCUT2D eigenvalue weighted by Gasteiger charge is -2.33. The molecule has 8 nitrogen and oxygen atoms in total. The second-order valence-electron chi connectivity index (χ2n) is 7.74. The molecule has 1 amide bonds. The zero-order chi connectivity index (χ0) is 21.0. The van der Waals surface area contributed by atoms with Gasteiger partial charge < -0.3 is 14.7 Å². The topological polar surface area (TPSA) is 83.7 Å². The number of aliphatic hydroxyl groups excluding tert-OH is 1. The number of likely N-dealkylation sites (N-methyl/N-ethyl adjacent to an activating group) is 1. The first kappa shape index (κ1) is 21.3. The van der Waals surface area contributed by atoms with Gasteiger partial charge >= 0.3 is 0 Å². The first-order valence-electron chi connectivity index (χ1n) is 10.1. The molecule has 1 aliphatic rings. The number of carbonyl (C=O) groups excluding carboxylic acids is 1. The second-order valence-corrected chi connectivity index (χ2v) is 7.74. The average Bonchev–Trinajstić information content (AvgIpc) is 3.22. The summed E-state index contributed by atoms with van der Waals surface area (Å²) in [5.74, 6) is 0.705. The van der Waals surface area contributed by atoms with Crippen molar-refractivity contribution in [3.63, 3.8) is 0 Å². The number of carbonyl (C=O) groups is 1. The number of ether oxygens (including phenoxy) is 1. The van der Waals surface area contributed by atoms with E-state index in [1.165, 1.54) is 21.6 Å². The molecule has 2 aromatic rings. The minimum Gasteiger partial charge on any atom is -0.496 e. The van der Waals surface area contributed by atoms with Crippen molar-refractivity contribution in [3.8, 4) is 5.75 Å². The van der Waals surface area contributed by atoms with Gasteiger partial charge in [0.2, 0.25) is 0 Å². The Bertz CT molecular complexity index is 851. The van der Waals surface area contributed by atoms with Gasteiger partial charge in [0.25, 0.3) is 5.91 Å². The molecule has 0 bridgehead atoms. The van der Waals surface area contributed by atoms with E-state index in [4.69, 9.17) is 9.84 Å². The Labute approximate surface area is 172 Å². The third-order valence-corrected chi connectivity index (χ3v) is 5.83. The van der Waals surface area contributed by atoms with Crippen LogP contribution in [0, 0.1) is 13.8 Å². The van der Waals surface area contributed by atoms with E-state index < -0.39 is 0 Å². The molecule has 2 heterocycles. The average molecular weight is 402 g/mol. The molecule has 0 spiro atoms. The number of likely N-dealkylation sites (tertiary alicyclic amines) is 1. The first-order chi connectivity index (χ1) is 13.9. The molecule has 0 unspecified atom stereocenters. The van der Waals surface area contributed by atoms with E-state index >= 15 is 0 Å². The summed E-state index contributed by atoms with van der Waals surface area (Å²) in [7, 11) is 3.36. The van der Waals surface area contributed by atoms with Gasteiger partial charge in [0.1, 0.15) is 5.75 Å². The van der Waals surface area contributed by atoms with E-state index in [0.717, 1.165) is 38.2 Å². The maximum absolute atomic E-state index is 12.3. The third-order valence-electron chi connectivity index (χ3n) is 5.83. The smallest absolute Gasteiger partial charge is 0.275 e. The summed E-state index contributed by atoms with van der Waals surface area (Å²) in [5, 5.41) is 17.3. The van der Waals surface area contributed by atoms with Crippen LogP contribution in [0.3, 0.4) is 0 Å². The molecular weight excluding hydrogens is 370 g/mol. The van der Waals surface area contributed by atoms with Crippen LogP contribution < -0.4 is 4.74 Å². The van der Waals surface area contributed by atoms with Gasteiger partial charge in [0.05, 0.1) is 26.0 Å². The summed E-state index contributed by atoms with van der Waals surface area (Å²) >= 11 is 0. The molecule has 0 saturated carbocycles. The lowest BCUT2D eigenvalue weighted by molar-refractivity contribution is 0.0761. The quantitative estimate of drug-likeness (QED) is 0.762. The van der Waals surface area contributed by atoms with Crippen LogP contribution in [0.15, 0.2) is 18.3 Å². The van der Waals surface area contributed by atoms with Crippen molar-refractivity contribution in [1.82, 2.24) is 24.8 Å². The maximum atomic E-state index is 12.3. The predicted octanol–water partition coefficient (Wildman–Crippen LogP) is 1.80. The Balaban J connectivity index is 1.67. The Morgan fingerprint density at radius 3 is 2.86 bits per heavy atom. The Morgan fingerprint density at radius 1 is 1.34 bits per heavy atom. The van der Waals surface area contributed by atoms with Crippen LogP contribution in [0.2, 0.25) is 0 Å². The standard InChI is InChI=1S/C21H31N5O3/c1-15-16(2)20(29-4)8-7-17(15)12-25-9-5-6-18(13-25)26-14-19(22-23-26)21(28)24(3)10-11-27/h7-8,14,18,27H,5-6,9-13H2,1-4H3/t18-/m1/s1. The van der Waals surface area contributed by atoms with Crippen molar-refractivity contribution in [2.45, 2.75) is 39.3 Å². The van der Waals surface area contributed by atoms with Crippen LogP contribution in [0.25, 0.3) is 0 Å².